The van der Waals surface area contributed by atoms with Crippen LogP contribution >= 0.6 is 23.4 Å². The zero-order valence-corrected chi connectivity index (χ0v) is 44.4. The molecule has 20 heteroatoms. The van der Waals surface area contributed by atoms with Crippen molar-refractivity contribution >= 4 is 77.7 Å². The largest absolute Gasteiger partial charge is 0.501 e. The first-order chi connectivity index (χ1) is 33.9. The summed E-state index contributed by atoms with van der Waals surface area (Å²) in [4.78, 5) is 35.1. The van der Waals surface area contributed by atoms with Gasteiger partial charge in [0.2, 0.25) is 5.91 Å². The molecule has 1 aliphatic carbocycles. The Kier molecular flexibility index (Phi) is 15.9. The molecule has 388 valence electrons. The van der Waals surface area contributed by atoms with Crippen molar-refractivity contribution in [1.29, 1.82) is 0 Å². The number of fused-ring (bicyclic) bond motifs is 3. The van der Waals surface area contributed by atoms with E-state index in [4.69, 9.17) is 11.6 Å². The molecule has 2 saturated heterocycles. The molecule has 0 saturated carbocycles. The van der Waals surface area contributed by atoms with Gasteiger partial charge in [-0.2, -0.15) is 13.2 Å². The third kappa shape index (κ3) is 12.5. The summed E-state index contributed by atoms with van der Waals surface area (Å²) in [5.74, 6) is -1.07. The maximum absolute atomic E-state index is 14.4. The number of benzene rings is 4. The number of thioether (sulfide) groups is 1. The zero-order valence-electron chi connectivity index (χ0n) is 41.2. The number of hydrogen-bond donors (Lipinski definition) is 3. The molecule has 8 rings (SSSR count). The fourth-order valence-corrected chi connectivity index (χ4v) is 13.2. The second-order valence-electron chi connectivity index (χ2n) is 20.9. The van der Waals surface area contributed by atoms with E-state index in [1.165, 1.54) is 35.0 Å². The van der Waals surface area contributed by atoms with Crippen molar-refractivity contribution in [2.45, 2.75) is 98.1 Å². The van der Waals surface area contributed by atoms with Gasteiger partial charge in [-0.15, -0.1) is 11.8 Å². The highest BCUT2D eigenvalue weighted by atomic mass is 35.5. The van der Waals surface area contributed by atoms with Crippen LogP contribution in [0, 0.1) is 5.41 Å². The minimum atomic E-state index is -6.11. The van der Waals surface area contributed by atoms with Crippen molar-refractivity contribution in [3.63, 3.8) is 0 Å². The van der Waals surface area contributed by atoms with Crippen LogP contribution in [0.15, 0.2) is 111 Å². The van der Waals surface area contributed by atoms with Gasteiger partial charge in [-0.05, 0) is 124 Å². The first-order valence-electron chi connectivity index (χ1n) is 24.2. The molecule has 3 aliphatic heterocycles. The average molecular weight is 1070 g/mol. The van der Waals surface area contributed by atoms with E-state index in [1.54, 1.807) is 6.07 Å². The number of hydrogen-bond acceptors (Lipinski definition) is 12. The number of nitrogens with zero attached hydrogens (tertiary/aromatic N) is 4. The Hall–Kier alpha value is -4.63. The van der Waals surface area contributed by atoms with Crippen LogP contribution in [0.2, 0.25) is 5.02 Å². The number of sulfonamides is 1. The van der Waals surface area contributed by atoms with Crippen LogP contribution < -0.4 is 20.3 Å². The van der Waals surface area contributed by atoms with E-state index in [0.29, 0.717) is 61.7 Å². The zero-order chi connectivity index (χ0) is 51.8. The number of alkyl halides is 3. The van der Waals surface area contributed by atoms with Crippen LogP contribution in [0.5, 0.6) is 0 Å². The van der Waals surface area contributed by atoms with Crippen molar-refractivity contribution in [3.8, 4) is 0 Å². The molecule has 13 nitrogen and oxygen atoms in total. The van der Waals surface area contributed by atoms with E-state index >= 15 is 0 Å². The standard InChI is InChI=1S/C52H63ClF3N7O6S3/c1-50(2,3)62-26-23-60(24-27-62)22-20-39(34-70-40-9-7-6-8-10-40)57-43-17-16-41(30-47(43)71(66,67)52(54,55)56)72(68,69)59-48(64)36-13-18-45-44(29-36)58-49(65)46-33-61(25-28-63(45)46)32-37-31-51(4,5)21-19-42(37)35-11-14-38(53)15-12-35/h6-18,29-30,39,46,57H,19-28,31-34H2,1-5H3,(H,58,65)(H,59,64). The van der Waals surface area contributed by atoms with Gasteiger partial charge in [0.1, 0.15) is 10.9 Å². The van der Waals surface area contributed by atoms with E-state index in [0.717, 1.165) is 68.0 Å². The summed E-state index contributed by atoms with van der Waals surface area (Å²) < 4.78 is 99.1. The molecule has 4 aliphatic rings. The Balaban J connectivity index is 0.974. The predicted molar refractivity (Wildman–Crippen MR) is 280 cm³/mol. The highest BCUT2D eigenvalue weighted by molar-refractivity contribution is 7.99. The van der Waals surface area contributed by atoms with Gasteiger partial charge < -0.3 is 20.4 Å². The van der Waals surface area contributed by atoms with Gasteiger partial charge in [0.25, 0.3) is 25.8 Å². The van der Waals surface area contributed by atoms with E-state index in [2.05, 4.69) is 72.1 Å². The number of rotatable bonds is 15. The van der Waals surface area contributed by atoms with E-state index < -0.39 is 58.8 Å². The molecule has 0 bridgehead atoms. The Bertz CT molecular complexity index is 2910. The van der Waals surface area contributed by atoms with Crippen LogP contribution in [0.1, 0.15) is 76.2 Å². The number of carbonyl (C=O) groups is 2. The van der Waals surface area contributed by atoms with Crippen LogP contribution in [0.4, 0.5) is 30.2 Å². The lowest BCUT2D eigenvalue weighted by Gasteiger charge is -2.46. The molecule has 3 heterocycles. The summed E-state index contributed by atoms with van der Waals surface area (Å²) in [5, 5.41) is 6.60. The summed E-state index contributed by atoms with van der Waals surface area (Å²) in [7, 11) is -11.1. The van der Waals surface area contributed by atoms with Gasteiger partial charge in [0.05, 0.1) is 22.0 Å². The van der Waals surface area contributed by atoms with Crippen LogP contribution in [-0.4, -0.2) is 131 Å². The Morgan fingerprint density at radius 3 is 2.26 bits per heavy atom. The number of halogens is 4. The minimum absolute atomic E-state index is 0.00423. The average Bonchev–Trinajstić information content (AvgIpc) is 3.32. The Morgan fingerprint density at radius 1 is 0.889 bits per heavy atom. The van der Waals surface area contributed by atoms with Gasteiger partial charge in [0.15, 0.2) is 0 Å². The number of anilines is 3. The van der Waals surface area contributed by atoms with Gasteiger partial charge in [-0.1, -0.05) is 61.4 Å². The van der Waals surface area contributed by atoms with E-state index in [-0.39, 0.29) is 28.1 Å². The lowest BCUT2D eigenvalue weighted by molar-refractivity contribution is -0.118. The molecule has 4 aromatic carbocycles. The van der Waals surface area contributed by atoms with Gasteiger partial charge in [0, 0.05) is 91.7 Å². The molecular weight excluding hydrogens is 1010 g/mol. The van der Waals surface area contributed by atoms with Gasteiger partial charge >= 0.3 is 5.51 Å². The second-order valence-corrected chi connectivity index (χ2v) is 26.0. The van der Waals surface area contributed by atoms with Crippen molar-refractivity contribution in [2.75, 3.05) is 80.2 Å². The summed E-state index contributed by atoms with van der Waals surface area (Å²) in [6.45, 7) is 17.2. The molecule has 0 radical (unpaired) electrons. The number of amides is 2. The van der Waals surface area contributed by atoms with Gasteiger partial charge in [-0.25, -0.2) is 21.6 Å². The monoisotopic (exact) mass is 1070 g/mol. The van der Waals surface area contributed by atoms with E-state index in [9.17, 15) is 39.6 Å². The van der Waals surface area contributed by atoms with Crippen LogP contribution in [0.25, 0.3) is 5.57 Å². The molecule has 2 atom stereocenters. The fourth-order valence-electron chi connectivity index (χ4n) is 10.1. The molecular formula is C52H63ClF3N7O6S3. The summed E-state index contributed by atoms with van der Waals surface area (Å²) >= 11 is 7.66. The van der Waals surface area contributed by atoms with Crippen LogP contribution in [0.3, 0.4) is 0 Å². The third-order valence-corrected chi connectivity index (χ3v) is 18.4. The molecule has 2 fully saturated rings. The molecule has 72 heavy (non-hydrogen) atoms. The second kappa shape index (κ2) is 21.3. The van der Waals surface area contributed by atoms with E-state index in [1.807, 2.05) is 52.1 Å². The molecule has 4 aromatic rings. The number of piperazine rings is 2. The lowest BCUT2D eigenvalue weighted by Crippen LogP contribution is -2.60. The summed E-state index contributed by atoms with van der Waals surface area (Å²) in [6.07, 6.45) is 3.36. The molecule has 2 unspecified atom stereocenters. The van der Waals surface area contributed by atoms with Crippen molar-refractivity contribution in [1.82, 2.24) is 19.4 Å². The topological polar surface area (TPSA) is 151 Å². The number of sulfone groups is 1. The lowest BCUT2D eigenvalue weighted by atomic mass is 9.72. The minimum Gasteiger partial charge on any atom is -0.380 e. The first-order valence-corrected chi connectivity index (χ1v) is 28.5. The quantitative estimate of drug-likeness (QED) is 0.0974. The predicted octanol–water partition coefficient (Wildman–Crippen LogP) is 9.24. The first kappa shape index (κ1) is 53.7. The maximum atomic E-state index is 14.4. The molecule has 0 aromatic heterocycles. The Labute approximate surface area is 430 Å². The SMILES string of the molecule is CC1(C)CCC(c2ccc(Cl)cc2)=C(CN2CCN3c4ccc(C(=O)NS(=O)(=O)c5ccc(NC(CCN6CCN(C(C)(C)C)CC6)CSc6ccccc6)c(S(=O)(=O)C(F)(F)F)c5)cc4NC(=O)C3C2)C1. The number of nitrogens with one attached hydrogen (secondary N) is 3. The van der Waals surface area contributed by atoms with Crippen molar-refractivity contribution < 1.29 is 39.6 Å². The van der Waals surface area contributed by atoms with Crippen molar-refractivity contribution in [2.24, 2.45) is 5.41 Å². The molecule has 0 spiro atoms. The van der Waals surface area contributed by atoms with Crippen molar-refractivity contribution in [3.05, 3.63) is 113 Å². The Morgan fingerprint density at radius 2 is 1.58 bits per heavy atom. The number of allylic oxidation sites excluding steroid dienone is 1. The third-order valence-electron chi connectivity index (χ3n) is 14.1. The molecule has 3 N–H and O–H groups in total. The smallest absolute Gasteiger partial charge is 0.380 e. The maximum Gasteiger partial charge on any atom is 0.501 e. The highest BCUT2D eigenvalue weighted by Gasteiger charge is 2.49. The number of carbonyl (C=O) groups excluding carboxylic acids is 2. The fraction of sp³-hybridized carbons (Fsp3) is 0.462. The highest BCUT2D eigenvalue weighted by Crippen LogP contribution is 2.44. The van der Waals surface area contributed by atoms with Crippen LogP contribution in [-0.2, 0) is 24.7 Å². The van der Waals surface area contributed by atoms with Gasteiger partial charge in [-0.3, -0.25) is 19.4 Å². The summed E-state index contributed by atoms with van der Waals surface area (Å²) in [5.41, 5.74) is -1.49. The molecule has 2 amide bonds. The summed E-state index contributed by atoms with van der Waals surface area (Å²) in [6, 6.07) is 23.0. The normalized spacial score (nSPS) is 19.8.